The van der Waals surface area contributed by atoms with E-state index in [4.69, 9.17) is 5.73 Å². The molecule has 0 aromatic heterocycles. The Kier molecular flexibility index (Phi) is 3.21. The molecule has 2 N–H and O–H groups in total. The van der Waals surface area contributed by atoms with Gasteiger partial charge in [0, 0.05) is 6.04 Å². The minimum Gasteiger partial charge on any atom is -0.324 e. The normalized spacial score (nSPS) is 31.1. The SMILES string of the molecule is CCC(C)(C)c1ccc(C(N)C2C3CCCC32)cc1. The van der Waals surface area contributed by atoms with Crippen molar-refractivity contribution >= 4 is 0 Å². The van der Waals surface area contributed by atoms with Crippen molar-refractivity contribution in [3.63, 3.8) is 0 Å². The molecule has 0 bridgehead atoms. The average molecular weight is 257 g/mol. The van der Waals surface area contributed by atoms with Gasteiger partial charge in [-0.15, -0.1) is 0 Å². The van der Waals surface area contributed by atoms with Crippen molar-refractivity contribution in [2.24, 2.45) is 23.5 Å². The van der Waals surface area contributed by atoms with E-state index in [1.54, 1.807) is 0 Å². The second-order valence-electron chi connectivity index (χ2n) is 7.22. The predicted octanol–water partition coefficient (Wildman–Crippen LogP) is 4.42. The van der Waals surface area contributed by atoms with Gasteiger partial charge < -0.3 is 5.73 Å². The summed E-state index contributed by atoms with van der Waals surface area (Å²) in [6.07, 6.45) is 5.45. The van der Waals surface area contributed by atoms with E-state index in [9.17, 15) is 0 Å². The van der Waals surface area contributed by atoms with Crippen LogP contribution in [-0.2, 0) is 5.41 Å². The summed E-state index contributed by atoms with van der Waals surface area (Å²) in [6.45, 7) is 6.88. The summed E-state index contributed by atoms with van der Waals surface area (Å²) in [6, 6.07) is 9.39. The molecule has 0 spiro atoms. The fraction of sp³-hybridized carbons (Fsp3) is 0.667. The highest BCUT2D eigenvalue weighted by atomic mass is 14.7. The lowest BCUT2D eigenvalue weighted by molar-refractivity contribution is 0.496. The van der Waals surface area contributed by atoms with Crippen LogP contribution in [0.25, 0.3) is 0 Å². The van der Waals surface area contributed by atoms with E-state index in [0.717, 1.165) is 17.8 Å². The molecule has 19 heavy (non-hydrogen) atoms. The van der Waals surface area contributed by atoms with Gasteiger partial charge in [-0.1, -0.05) is 51.5 Å². The molecule has 0 amide bonds. The molecule has 3 rings (SSSR count). The highest BCUT2D eigenvalue weighted by Crippen LogP contribution is 2.61. The van der Waals surface area contributed by atoms with Gasteiger partial charge >= 0.3 is 0 Å². The maximum absolute atomic E-state index is 6.48. The van der Waals surface area contributed by atoms with E-state index < -0.39 is 0 Å². The largest absolute Gasteiger partial charge is 0.324 e. The molecule has 3 unspecified atom stereocenters. The molecule has 1 aromatic rings. The third-order valence-corrected chi connectivity index (χ3v) is 5.85. The van der Waals surface area contributed by atoms with Gasteiger partial charge in [-0.25, -0.2) is 0 Å². The number of nitrogens with two attached hydrogens (primary N) is 1. The molecule has 0 radical (unpaired) electrons. The standard InChI is InChI=1S/C18H27N/c1-4-18(2,3)13-10-8-12(9-11-13)17(19)16-14-6-5-7-15(14)16/h8-11,14-17H,4-7,19H2,1-3H3. The molecule has 2 aliphatic rings. The van der Waals surface area contributed by atoms with Crippen LogP contribution in [0.4, 0.5) is 0 Å². The van der Waals surface area contributed by atoms with Crippen LogP contribution in [0.5, 0.6) is 0 Å². The quantitative estimate of drug-likeness (QED) is 0.849. The molecule has 0 aliphatic heterocycles. The molecule has 104 valence electrons. The van der Waals surface area contributed by atoms with Gasteiger partial charge in [0.05, 0.1) is 0 Å². The van der Waals surface area contributed by atoms with E-state index >= 15 is 0 Å². The van der Waals surface area contributed by atoms with Crippen molar-refractivity contribution in [3.8, 4) is 0 Å². The second-order valence-corrected chi connectivity index (χ2v) is 7.22. The lowest BCUT2D eigenvalue weighted by Crippen LogP contribution is -2.18. The van der Waals surface area contributed by atoms with E-state index in [1.165, 1.54) is 36.8 Å². The maximum atomic E-state index is 6.48. The van der Waals surface area contributed by atoms with Gasteiger partial charge in [0.25, 0.3) is 0 Å². The van der Waals surface area contributed by atoms with Crippen LogP contribution in [0.2, 0.25) is 0 Å². The van der Waals surface area contributed by atoms with Crippen LogP contribution in [0.3, 0.4) is 0 Å². The highest BCUT2D eigenvalue weighted by molar-refractivity contribution is 5.31. The summed E-state index contributed by atoms with van der Waals surface area (Å²) in [5.74, 6) is 2.67. The number of benzene rings is 1. The van der Waals surface area contributed by atoms with Gasteiger partial charge in [-0.05, 0) is 53.6 Å². The van der Waals surface area contributed by atoms with Crippen molar-refractivity contribution in [2.45, 2.75) is 57.9 Å². The minimum absolute atomic E-state index is 0.272. The summed E-state index contributed by atoms with van der Waals surface area (Å²) in [5, 5.41) is 0. The van der Waals surface area contributed by atoms with Crippen molar-refractivity contribution in [3.05, 3.63) is 35.4 Å². The Morgan fingerprint density at radius 1 is 1.16 bits per heavy atom. The Morgan fingerprint density at radius 3 is 2.26 bits per heavy atom. The molecular formula is C18H27N. The van der Waals surface area contributed by atoms with Crippen LogP contribution < -0.4 is 5.73 Å². The van der Waals surface area contributed by atoms with Crippen LogP contribution in [-0.4, -0.2) is 0 Å². The summed E-state index contributed by atoms with van der Waals surface area (Å²) in [4.78, 5) is 0. The average Bonchev–Trinajstić information content (AvgIpc) is 2.90. The third-order valence-electron chi connectivity index (χ3n) is 5.85. The number of hydrogen-bond donors (Lipinski definition) is 1. The molecule has 0 saturated heterocycles. The first kappa shape index (κ1) is 13.2. The predicted molar refractivity (Wildman–Crippen MR) is 81.0 cm³/mol. The number of rotatable bonds is 4. The van der Waals surface area contributed by atoms with Gasteiger partial charge in [-0.2, -0.15) is 0 Å². The van der Waals surface area contributed by atoms with Crippen LogP contribution in [0.15, 0.2) is 24.3 Å². The first-order valence-corrected chi connectivity index (χ1v) is 7.90. The van der Waals surface area contributed by atoms with E-state index in [0.29, 0.717) is 0 Å². The molecule has 0 heterocycles. The molecule has 2 aliphatic carbocycles. The topological polar surface area (TPSA) is 26.0 Å². The van der Waals surface area contributed by atoms with Crippen molar-refractivity contribution in [1.29, 1.82) is 0 Å². The zero-order chi connectivity index (χ0) is 13.6. The summed E-state index contributed by atoms with van der Waals surface area (Å²) < 4.78 is 0. The zero-order valence-corrected chi connectivity index (χ0v) is 12.5. The van der Waals surface area contributed by atoms with Crippen LogP contribution in [0.1, 0.15) is 63.6 Å². The fourth-order valence-corrected chi connectivity index (χ4v) is 3.99. The lowest BCUT2D eigenvalue weighted by Gasteiger charge is -2.24. The van der Waals surface area contributed by atoms with E-state index in [-0.39, 0.29) is 11.5 Å². The van der Waals surface area contributed by atoms with Crippen LogP contribution in [0, 0.1) is 17.8 Å². The van der Waals surface area contributed by atoms with Crippen molar-refractivity contribution in [2.75, 3.05) is 0 Å². The van der Waals surface area contributed by atoms with Gasteiger partial charge in [0.2, 0.25) is 0 Å². The van der Waals surface area contributed by atoms with Gasteiger partial charge in [0.15, 0.2) is 0 Å². The summed E-state index contributed by atoms with van der Waals surface area (Å²) in [5.41, 5.74) is 9.53. The first-order chi connectivity index (χ1) is 9.04. The van der Waals surface area contributed by atoms with Crippen LogP contribution >= 0.6 is 0 Å². The lowest BCUT2D eigenvalue weighted by atomic mass is 9.81. The summed E-state index contributed by atoms with van der Waals surface area (Å²) >= 11 is 0. The first-order valence-electron chi connectivity index (χ1n) is 7.90. The third kappa shape index (κ3) is 2.23. The molecule has 2 saturated carbocycles. The monoisotopic (exact) mass is 257 g/mol. The number of hydrogen-bond acceptors (Lipinski definition) is 1. The van der Waals surface area contributed by atoms with Gasteiger partial charge in [0.1, 0.15) is 0 Å². The molecule has 2 fully saturated rings. The molecule has 1 nitrogen and oxygen atoms in total. The van der Waals surface area contributed by atoms with E-state index in [1.807, 2.05) is 0 Å². The van der Waals surface area contributed by atoms with Crippen molar-refractivity contribution < 1.29 is 0 Å². The second kappa shape index (κ2) is 4.63. The maximum Gasteiger partial charge on any atom is 0.0329 e. The minimum atomic E-state index is 0.272. The Labute approximate surface area is 117 Å². The zero-order valence-electron chi connectivity index (χ0n) is 12.5. The van der Waals surface area contributed by atoms with Crippen molar-refractivity contribution in [1.82, 2.24) is 0 Å². The fourth-order valence-electron chi connectivity index (χ4n) is 3.99. The smallest absolute Gasteiger partial charge is 0.0329 e. The van der Waals surface area contributed by atoms with Gasteiger partial charge in [-0.3, -0.25) is 0 Å². The highest BCUT2D eigenvalue weighted by Gasteiger charge is 2.55. The Bertz CT molecular complexity index is 435. The molecule has 1 heteroatoms. The Hall–Kier alpha value is -0.820. The molecule has 1 aromatic carbocycles. The molecule has 3 atom stereocenters. The Balaban J connectivity index is 1.72. The van der Waals surface area contributed by atoms with E-state index in [2.05, 4.69) is 45.0 Å². The molecular weight excluding hydrogens is 230 g/mol. The Morgan fingerprint density at radius 2 is 1.74 bits per heavy atom. The summed E-state index contributed by atoms with van der Waals surface area (Å²) in [7, 11) is 0. The number of fused-ring (bicyclic) bond motifs is 1.